The second-order valence-corrected chi connectivity index (χ2v) is 9.37. The van der Waals surface area contributed by atoms with Gasteiger partial charge in [0.1, 0.15) is 12.4 Å². The molecule has 29 heavy (non-hydrogen) atoms. The van der Waals surface area contributed by atoms with Crippen LogP contribution in [0.2, 0.25) is 0 Å². The quantitative estimate of drug-likeness (QED) is 0.271. The van der Waals surface area contributed by atoms with Gasteiger partial charge >= 0.3 is 5.97 Å². The molecule has 2 fully saturated rings. The Labute approximate surface area is 180 Å². The zero-order valence-corrected chi connectivity index (χ0v) is 19.6. The highest BCUT2D eigenvalue weighted by Crippen LogP contribution is 2.27. The average molecular weight is 407 g/mol. The van der Waals surface area contributed by atoms with Gasteiger partial charge in [0.25, 0.3) is 0 Å². The standard InChI is InChI=1S/C10H20.C9H14O.C7H12O2/c1-2-3-7-10-8-5-4-6-9-10;1-7-3-4-9(6-10)8(2)5-7;1-6(8)9-7-4-2-3-5-7/h10H,2-9H2,1H3;5-6,8-9H,3-4H2,1-2H3;7H,2-5H2,1H3. The maximum absolute atomic E-state index is 10.4. The van der Waals surface area contributed by atoms with Gasteiger partial charge in [0, 0.05) is 12.8 Å². The van der Waals surface area contributed by atoms with Gasteiger partial charge in [0.2, 0.25) is 0 Å². The minimum absolute atomic E-state index is 0.137. The Balaban J connectivity index is 0.000000218. The maximum Gasteiger partial charge on any atom is 0.302 e. The molecule has 0 saturated heterocycles. The number of carbonyl (C=O) groups is 2. The Bertz CT molecular complexity index is 470. The molecule has 2 atom stereocenters. The average Bonchev–Trinajstić information content (AvgIpc) is 3.21. The second kappa shape index (κ2) is 15.7. The lowest BCUT2D eigenvalue weighted by molar-refractivity contribution is -0.145. The summed E-state index contributed by atoms with van der Waals surface area (Å²) in [4.78, 5) is 20.8. The number of allylic oxidation sites excluding steroid dienone is 2. The van der Waals surface area contributed by atoms with Gasteiger partial charge in [-0.3, -0.25) is 4.79 Å². The van der Waals surface area contributed by atoms with E-state index in [1.54, 1.807) is 0 Å². The highest BCUT2D eigenvalue weighted by molar-refractivity contribution is 5.66. The van der Waals surface area contributed by atoms with Crippen LogP contribution in [0.5, 0.6) is 0 Å². The predicted octanol–water partition coefficient (Wildman–Crippen LogP) is 7.43. The summed E-state index contributed by atoms with van der Waals surface area (Å²) in [5.74, 6) is 1.71. The van der Waals surface area contributed by atoms with Crippen molar-refractivity contribution in [3.05, 3.63) is 11.6 Å². The van der Waals surface area contributed by atoms with E-state index in [0.717, 1.165) is 37.9 Å². The molecule has 0 aromatic rings. The van der Waals surface area contributed by atoms with Crippen LogP contribution in [-0.2, 0) is 14.3 Å². The van der Waals surface area contributed by atoms with Crippen LogP contribution in [0.4, 0.5) is 0 Å². The van der Waals surface area contributed by atoms with E-state index in [1.165, 1.54) is 76.7 Å². The van der Waals surface area contributed by atoms with Gasteiger partial charge in [0.05, 0.1) is 0 Å². The number of hydrogen-bond acceptors (Lipinski definition) is 3. The normalized spacial score (nSPS) is 25.0. The molecule has 0 bridgehead atoms. The van der Waals surface area contributed by atoms with Crippen molar-refractivity contribution >= 4 is 12.3 Å². The fourth-order valence-corrected chi connectivity index (χ4v) is 4.71. The first-order chi connectivity index (χ1) is 14.0. The van der Waals surface area contributed by atoms with Crippen molar-refractivity contribution in [3.8, 4) is 0 Å². The molecule has 3 aliphatic carbocycles. The molecular formula is C26H46O3. The Hall–Kier alpha value is -1.12. The number of hydrogen-bond donors (Lipinski definition) is 0. The highest BCUT2D eigenvalue weighted by atomic mass is 16.5. The minimum Gasteiger partial charge on any atom is -0.463 e. The van der Waals surface area contributed by atoms with Crippen molar-refractivity contribution in [2.45, 2.75) is 124 Å². The van der Waals surface area contributed by atoms with E-state index >= 15 is 0 Å². The molecular weight excluding hydrogens is 360 g/mol. The number of esters is 1. The molecule has 0 N–H and O–H groups in total. The smallest absolute Gasteiger partial charge is 0.302 e. The minimum atomic E-state index is -0.137. The summed E-state index contributed by atoms with van der Waals surface area (Å²) < 4.78 is 4.97. The summed E-state index contributed by atoms with van der Waals surface area (Å²) in [5, 5.41) is 0. The third-order valence-electron chi connectivity index (χ3n) is 6.60. The first kappa shape index (κ1) is 25.9. The van der Waals surface area contributed by atoms with E-state index in [2.05, 4.69) is 26.8 Å². The van der Waals surface area contributed by atoms with Crippen molar-refractivity contribution in [2.75, 3.05) is 0 Å². The molecule has 0 aromatic heterocycles. The number of rotatable bonds is 5. The molecule has 3 heteroatoms. The van der Waals surface area contributed by atoms with Gasteiger partial charge in [-0.25, -0.2) is 0 Å². The van der Waals surface area contributed by atoms with Crippen LogP contribution in [-0.4, -0.2) is 18.4 Å². The molecule has 0 radical (unpaired) electrons. The molecule has 0 aliphatic heterocycles. The zero-order valence-electron chi connectivity index (χ0n) is 19.6. The van der Waals surface area contributed by atoms with E-state index in [9.17, 15) is 9.59 Å². The number of ether oxygens (including phenoxy) is 1. The van der Waals surface area contributed by atoms with E-state index in [1.807, 2.05) is 0 Å². The Morgan fingerprint density at radius 1 is 1.07 bits per heavy atom. The topological polar surface area (TPSA) is 43.4 Å². The van der Waals surface area contributed by atoms with Crippen molar-refractivity contribution in [2.24, 2.45) is 17.8 Å². The van der Waals surface area contributed by atoms with Crippen molar-refractivity contribution in [1.82, 2.24) is 0 Å². The lowest BCUT2D eigenvalue weighted by atomic mass is 9.83. The lowest BCUT2D eigenvalue weighted by Gasteiger charge is -2.21. The van der Waals surface area contributed by atoms with Gasteiger partial charge < -0.3 is 9.53 Å². The first-order valence-corrected chi connectivity index (χ1v) is 12.3. The van der Waals surface area contributed by atoms with Gasteiger partial charge in [-0.1, -0.05) is 76.9 Å². The molecule has 3 aliphatic rings. The molecule has 3 rings (SSSR count). The molecule has 0 spiro atoms. The predicted molar refractivity (Wildman–Crippen MR) is 122 cm³/mol. The molecule has 2 unspecified atom stereocenters. The van der Waals surface area contributed by atoms with Crippen molar-refractivity contribution in [1.29, 1.82) is 0 Å². The third kappa shape index (κ3) is 12.2. The summed E-state index contributed by atoms with van der Waals surface area (Å²) in [6, 6.07) is 0. The summed E-state index contributed by atoms with van der Waals surface area (Å²) >= 11 is 0. The van der Waals surface area contributed by atoms with Crippen LogP contribution in [0.3, 0.4) is 0 Å². The molecule has 3 nitrogen and oxygen atoms in total. The molecule has 0 amide bonds. The van der Waals surface area contributed by atoms with E-state index in [0.29, 0.717) is 5.92 Å². The van der Waals surface area contributed by atoms with Crippen LogP contribution in [0.1, 0.15) is 118 Å². The summed E-state index contributed by atoms with van der Waals surface area (Å²) in [5.41, 5.74) is 1.44. The zero-order chi connectivity index (χ0) is 21.5. The number of carbonyl (C=O) groups excluding carboxylic acids is 2. The van der Waals surface area contributed by atoms with Gasteiger partial charge in [-0.2, -0.15) is 0 Å². The molecule has 0 heterocycles. The molecule has 168 valence electrons. The lowest BCUT2D eigenvalue weighted by Crippen LogP contribution is -2.15. The van der Waals surface area contributed by atoms with Crippen molar-refractivity contribution in [3.63, 3.8) is 0 Å². The van der Waals surface area contributed by atoms with E-state index in [-0.39, 0.29) is 18.0 Å². The van der Waals surface area contributed by atoms with Crippen LogP contribution in [0.15, 0.2) is 11.6 Å². The highest BCUT2D eigenvalue weighted by Gasteiger charge is 2.18. The van der Waals surface area contributed by atoms with Crippen LogP contribution in [0.25, 0.3) is 0 Å². The van der Waals surface area contributed by atoms with Crippen LogP contribution >= 0.6 is 0 Å². The van der Waals surface area contributed by atoms with Gasteiger partial charge in [-0.05, 0) is 57.3 Å². The van der Waals surface area contributed by atoms with Crippen LogP contribution < -0.4 is 0 Å². The second-order valence-electron chi connectivity index (χ2n) is 9.37. The Morgan fingerprint density at radius 2 is 1.69 bits per heavy atom. The van der Waals surface area contributed by atoms with Gasteiger partial charge in [-0.15, -0.1) is 0 Å². The largest absolute Gasteiger partial charge is 0.463 e. The van der Waals surface area contributed by atoms with Crippen molar-refractivity contribution < 1.29 is 14.3 Å². The molecule has 0 aromatic carbocycles. The number of aldehydes is 1. The monoisotopic (exact) mass is 406 g/mol. The Morgan fingerprint density at radius 3 is 2.21 bits per heavy atom. The van der Waals surface area contributed by atoms with E-state index < -0.39 is 0 Å². The van der Waals surface area contributed by atoms with E-state index in [4.69, 9.17) is 4.74 Å². The summed E-state index contributed by atoms with van der Waals surface area (Å²) in [6.45, 7) is 8.01. The summed E-state index contributed by atoms with van der Waals surface area (Å²) in [6.07, 6.45) is 22.2. The third-order valence-corrected chi connectivity index (χ3v) is 6.60. The fourth-order valence-electron chi connectivity index (χ4n) is 4.71. The summed E-state index contributed by atoms with van der Waals surface area (Å²) in [7, 11) is 0. The Kier molecular flexibility index (Phi) is 14.0. The maximum atomic E-state index is 10.4. The number of unbranched alkanes of at least 4 members (excludes halogenated alkanes) is 1. The SMILES string of the molecule is CC(=O)OC1CCCC1.CC1=CC(C)C(C=O)CC1.CCCCC1CCCCC1. The first-order valence-electron chi connectivity index (χ1n) is 12.3. The fraction of sp³-hybridized carbons (Fsp3) is 0.846. The van der Waals surface area contributed by atoms with Gasteiger partial charge in [0.15, 0.2) is 0 Å². The van der Waals surface area contributed by atoms with Crippen LogP contribution in [0, 0.1) is 17.8 Å². The molecule has 2 saturated carbocycles.